The molecule has 5 heteroatoms. The Bertz CT molecular complexity index is 493. The van der Waals surface area contributed by atoms with Gasteiger partial charge in [-0.1, -0.05) is 17.3 Å². The Labute approximate surface area is 92.0 Å². The van der Waals surface area contributed by atoms with E-state index in [9.17, 15) is 4.79 Å². The molecule has 16 heavy (non-hydrogen) atoms. The molecule has 0 atom stereocenters. The maximum atomic E-state index is 10.7. The molecule has 1 aromatic carbocycles. The number of hydrogen-bond donors (Lipinski definition) is 0. The van der Waals surface area contributed by atoms with E-state index in [2.05, 4.69) is 10.1 Å². The molecule has 1 heterocycles. The average Bonchev–Trinajstić information content (AvgIpc) is 2.73. The minimum absolute atomic E-state index is 0.158. The maximum absolute atomic E-state index is 10.7. The number of nitrogens with zero attached hydrogens (tertiary/aromatic N) is 2. The monoisotopic (exact) mass is 218 g/mol. The topological polar surface area (TPSA) is 65.2 Å². The Morgan fingerprint density at radius 1 is 1.44 bits per heavy atom. The van der Waals surface area contributed by atoms with E-state index in [1.807, 2.05) is 0 Å². The van der Waals surface area contributed by atoms with Crippen molar-refractivity contribution in [1.82, 2.24) is 10.1 Å². The minimum Gasteiger partial charge on any atom is -0.483 e. The highest BCUT2D eigenvalue weighted by molar-refractivity contribution is 5.79. The molecule has 0 N–H and O–H groups in total. The van der Waals surface area contributed by atoms with Gasteiger partial charge in [-0.15, -0.1) is 0 Å². The molecule has 1 aromatic heterocycles. The van der Waals surface area contributed by atoms with Gasteiger partial charge in [0.2, 0.25) is 0 Å². The van der Waals surface area contributed by atoms with E-state index in [4.69, 9.17) is 9.26 Å². The van der Waals surface area contributed by atoms with Crippen LogP contribution in [0.5, 0.6) is 5.75 Å². The average molecular weight is 218 g/mol. The van der Waals surface area contributed by atoms with Gasteiger partial charge in [-0.2, -0.15) is 4.98 Å². The fraction of sp³-hybridized carbons (Fsp3) is 0.182. The quantitative estimate of drug-likeness (QED) is 0.731. The second-order valence-corrected chi connectivity index (χ2v) is 3.18. The van der Waals surface area contributed by atoms with Crippen molar-refractivity contribution in [2.75, 3.05) is 0 Å². The van der Waals surface area contributed by atoms with Crippen LogP contribution in [-0.2, 0) is 6.61 Å². The number of aromatic nitrogens is 2. The molecule has 0 spiro atoms. The van der Waals surface area contributed by atoms with E-state index < -0.39 is 0 Å². The third-order valence-electron chi connectivity index (χ3n) is 1.97. The number of hydrogen-bond acceptors (Lipinski definition) is 5. The number of rotatable bonds is 4. The lowest BCUT2D eigenvalue weighted by atomic mass is 10.2. The summed E-state index contributed by atoms with van der Waals surface area (Å²) >= 11 is 0. The number of ether oxygens (including phenoxy) is 1. The van der Waals surface area contributed by atoms with Crippen molar-refractivity contribution in [3.05, 3.63) is 41.5 Å². The lowest BCUT2D eigenvalue weighted by molar-refractivity contribution is 0.111. The summed E-state index contributed by atoms with van der Waals surface area (Å²) in [4.78, 5) is 14.7. The Kier molecular flexibility index (Phi) is 2.95. The van der Waals surface area contributed by atoms with Gasteiger partial charge in [0, 0.05) is 0 Å². The molecule has 0 unspecified atom stereocenters. The van der Waals surface area contributed by atoms with Crippen molar-refractivity contribution < 1.29 is 14.1 Å². The van der Waals surface area contributed by atoms with Gasteiger partial charge in [-0.05, 0) is 19.1 Å². The zero-order chi connectivity index (χ0) is 11.4. The van der Waals surface area contributed by atoms with Crippen molar-refractivity contribution in [3.63, 3.8) is 0 Å². The molecule has 5 nitrogen and oxygen atoms in total. The third-order valence-corrected chi connectivity index (χ3v) is 1.97. The van der Waals surface area contributed by atoms with Gasteiger partial charge < -0.3 is 9.26 Å². The highest BCUT2D eigenvalue weighted by Gasteiger charge is 2.06. The van der Waals surface area contributed by atoms with Crippen LogP contribution in [0.15, 0.2) is 28.8 Å². The van der Waals surface area contributed by atoms with Crippen LogP contribution in [0, 0.1) is 6.92 Å². The molecule has 0 aliphatic rings. The van der Waals surface area contributed by atoms with Crippen LogP contribution >= 0.6 is 0 Å². The first-order chi connectivity index (χ1) is 7.79. The number of carbonyl (C=O) groups is 1. The van der Waals surface area contributed by atoms with Gasteiger partial charge in [-0.25, -0.2) is 0 Å². The molecule has 0 saturated heterocycles. The Balaban J connectivity index is 2.07. The first-order valence-electron chi connectivity index (χ1n) is 4.76. The predicted octanol–water partition coefficient (Wildman–Crippen LogP) is 1.77. The van der Waals surface area contributed by atoms with E-state index in [-0.39, 0.29) is 6.61 Å². The molecule has 0 aliphatic carbocycles. The number of benzene rings is 1. The van der Waals surface area contributed by atoms with Gasteiger partial charge >= 0.3 is 0 Å². The maximum Gasteiger partial charge on any atom is 0.264 e. The number of para-hydroxylation sites is 1. The molecule has 0 fully saturated rings. The van der Waals surface area contributed by atoms with E-state index in [0.717, 1.165) is 6.29 Å². The molecular formula is C11H10N2O3. The van der Waals surface area contributed by atoms with E-state index in [1.165, 1.54) is 0 Å². The minimum atomic E-state index is 0.158. The van der Waals surface area contributed by atoms with Crippen molar-refractivity contribution in [1.29, 1.82) is 0 Å². The van der Waals surface area contributed by atoms with Gasteiger partial charge in [0.1, 0.15) is 5.75 Å². The molecule has 2 rings (SSSR count). The summed E-state index contributed by atoms with van der Waals surface area (Å²) in [6.45, 7) is 1.89. The SMILES string of the molecule is Cc1noc(COc2ccccc2C=O)n1. The van der Waals surface area contributed by atoms with Crippen LogP contribution in [0.1, 0.15) is 22.1 Å². The largest absolute Gasteiger partial charge is 0.483 e. The second kappa shape index (κ2) is 4.57. The van der Waals surface area contributed by atoms with Gasteiger partial charge in [0.05, 0.1) is 5.56 Å². The first kappa shape index (κ1) is 10.4. The molecule has 2 aromatic rings. The fourth-order valence-corrected chi connectivity index (χ4v) is 1.25. The Morgan fingerprint density at radius 2 is 2.25 bits per heavy atom. The number of aldehydes is 1. The van der Waals surface area contributed by atoms with Crippen LogP contribution in [0.25, 0.3) is 0 Å². The molecule has 0 amide bonds. The predicted molar refractivity (Wildman–Crippen MR) is 55.2 cm³/mol. The summed E-state index contributed by atoms with van der Waals surface area (Å²) < 4.78 is 10.3. The third kappa shape index (κ3) is 2.25. The van der Waals surface area contributed by atoms with Crippen LogP contribution in [0.2, 0.25) is 0 Å². The first-order valence-corrected chi connectivity index (χ1v) is 4.76. The summed E-state index contributed by atoms with van der Waals surface area (Å²) in [6.07, 6.45) is 0.744. The lowest BCUT2D eigenvalue weighted by Crippen LogP contribution is -1.98. The zero-order valence-corrected chi connectivity index (χ0v) is 8.71. The van der Waals surface area contributed by atoms with Crippen LogP contribution in [0.4, 0.5) is 0 Å². The Morgan fingerprint density at radius 3 is 2.94 bits per heavy atom. The molecule has 0 aliphatic heterocycles. The van der Waals surface area contributed by atoms with E-state index in [0.29, 0.717) is 23.0 Å². The summed E-state index contributed by atoms with van der Waals surface area (Å²) in [5, 5.41) is 3.64. The van der Waals surface area contributed by atoms with Crippen LogP contribution < -0.4 is 4.74 Å². The molecule has 0 bridgehead atoms. The summed E-state index contributed by atoms with van der Waals surface area (Å²) in [5.74, 6) is 1.45. The smallest absolute Gasteiger partial charge is 0.264 e. The van der Waals surface area contributed by atoms with Gasteiger partial charge in [0.15, 0.2) is 18.7 Å². The van der Waals surface area contributed by atoms with Crippen molar-refractivity contribution in [3.8, 4) is 5.75 Å². The van der Waals surface area contributed by atoms with E-state index >= 15 is 0 Å². The summed E-state index contributed by atoms with van der Waals surface area (Å²) in [6, 6.07) is 6.96. The highest BCUT2D eigenvalue weighted by atomic mass is 16.5. The normalized spacial score (nSPS) is 10.1. The number of aryl methyl sites for hydroxylation is 1. The standard InChI is InChI=1S/C11H10N2O3/c1-8-12-11(16-13-8)7-15-10-5-3-2-4-9(10)6-14/h2-6H,7H2,1H3. The van der Waals surface area contributed by atoms with Crippen molar-refractivity contribution in [2.45, 2.75) is 13.5 Å². The summed E-state index contributed by atoms with van der Waals surface area (Å²) in [7, 11) is 0. The Hall–Kier alpha value is -2.17. The molecule has 0 radical (unpaired) electrons. The fourth-order valence-electron chi connectivity index (χ4n) is 1.25. The van der Waals surface area contributed by atoms with Crippen molar-refractivity contribution >= 4 is 6.29 Å². The van der Waals surface area contributed by atoms with Crippen LogP contribution in [-0.4, -0.2) is 16.4 Å². The van der Waals surface area contributed by atoms with E-state index in [1.54, 1.807) is 31.2 Å². The molecular weight excluding hydrogens is 208 g/mol. The molecule has 0 saturated carbocycles. The zero-order valence-electron chi connectivity index (χ0n) is 8.71. The van der Waals surface area contributed by atoms with Gasteiger partial charge in [0.25, 0.3) is 5.89 Å². The number of carbonyl (C=O) groups excluding carboxylic acids is 1. The highest BCUT2D eigenvalue weighted by Crippen LogP contribution is 2.16. The lowest BCUT2D eigenvalue weighted by Gasteiger charge is -2.04. The van der Waals surface area contributed by atoms with Crippen molar-refractivity contribution in [2.24, 2.45) is 0 Å². The molecule has 82 valence electrons. The second-order valence-electron chi connectivity index (χ2n) is 3.18. The summed E-state index contributed by atoms with van der Waals surface area (Å²) in [5.41, 5.74) is 0.499. The van der Waals surface area contributed by atoms with Crippen LogP contribution in [0.3, 0.4) is 0 Å². The van der Waals surface area contributed by atoms with Gasteiger partial charge in [-0.3, -0.25) is 4.79 Å².